The van der Waals surface area contributed by atoms with Crippen molar-refractivity contribution in [1.29, 1.82) is 0 Å². The lowest BCUT2D eigenvalue weighted by atomic mass is 10.1. The summed E-state index contributed by atoms with van der Waals surface area (Å²) in [6.07, 6.45) is 0. The standard InChI is InChI=1S/C23H21F2N5OS/c1-13-10-14(2)30-22(26-13)28-23(29-30)32-12-17-6-4-5-7-18(17)21(31)27-15(3)16-8-9-19(24)20(25)11-16/h4-11,15H,12H2,1-3H3,(H,27,31). The van der Waals surface area contributed by atoms with E-state index in [1.165, 1.54) is 17.8 Å². The molecule has 9 heteroatoms. The van der Waals surface area contributed by atoms with Gasteiger partial charge in [0.05, 0.1) is 6.04 Å². The van der Waals surface area contributed by atoms with Crippen LogP contribution < -0.4 is 5.32 Å². The first-order chi connectivity index (χ1) is 15.3. The number of carbonyl (C=O) groups is 1. The minimum absolute atomic E-state index is 0.297. The summed E-state index contributed by atoms with van der Waals surface area (Å²) < 4.78 is 28.4. The van der Waals surface area contributed by atoms with Crippen molar-refractivity contribution in [2.24, 2.45) is 0 Å². The molecular formula is C23H21F2N5OS. The Balaban J connectivity index is 1.49. The lowest BCUT2D eigenvalue weighted by Crippen LogP contribution is -2.27. The molecule has 0 spiro atoms. The maximum Gasteiger partial charge on any atom is 0.253 e. The second kappa shape index (κ2) is 9.04. The molecule has 4 aromatic rings. The maximum absolute atomic E-state index is 13.5. The monoisotopic (exact) mass is 453 g/mol. The van der Waals surface area contributed by atoms with Gasteiger partial charge in [-0.3, -0.25) is 4.79 Å². The van der Waals surface area contributed by atoms with E-state index >= 15 is 0 Å². The van der Waals surface area contributed by atoms with Crippen LogP contribution in [0.1, 0.15) is 45.8 Å². The van der Waals surface area contributed by atoms with Gasteiger partial charge in [0, 0.05) is 22.7 Å². The summed E-state index contributed by atoms with van der Waals surface area (Å²) in [4.78, 5) is 21.8. The molecule has 32 heavy (non-hydrogen) atoms. The summed E-state index contributed by atoms with van der Waals surface area (Å²) in [5.74, 6) is -1.14. The number of fused-ring (bicyclic) bond motifs is 1. The van der Waals surface area contributed by atoms with Crippen LogP contribution in [-0.2, 0) is 5.75 Å². The molecule has 4 rings (SSSR count). The van der Waals surface area contributed by atoms with Gasteiger partial charge in [0.2, 0.25) is 5.16 Å². The molecule has 1 unspecified atom stereocenters. The van der Waals surface area contributed by atoms with Crippen molar-refractivity contribution >= 4 is 23.4 Å². The predicted molar refractivity (Wildman–Crippen MR) is 118 cm³/mol. The van der Waals surface area contributed by atoms with Crippen LogP contribution in [0, 0.1) is 25.5 Å². The summed E-state index contributed by atoms with van der Waals surface area (Å²) in [5.41, 5.74) is 3.61. The Kier molecular flexibility index (Phi) is 6.18. The first kappa shape index (κ1) is 21.9. The largest absolute Gasteiger partial charge is 0.346 e. The number of rotatable bonds is 6. The van der Waals surface area contributed by atoms with E-state index in [4.69, 9.17) is 0 Å². The van der Waals surface area contributed by atoms with Crippen molar-refractivity contribution in [2.45, 2.75) is 37.7 Å². The molecule has 2 heterocycles. The maximum atomic E-state index is 13.5. The van der Waals surface area contributed by atoms with E-state index in [0.29, 0.717) is 27.8 Å². The van der Waals surface area contributed by atoms with Crippen LogP contribution in [0.5, 0.6) is 0 Å². The Hall–Kier alpha value is -3.33. The van der Waals surface area contributed by atoms with Crippen LogP contribution in [-0.4, -0.2) is 25.5 Å². The molecule has 0 aliphatic heterocycles. The number of hydrogen-bond acceptors (Lipinski definition) is 5. The molecule has 1 N–H and O–H groups in total. The summed E-state index contributed by atoms with van der Waals surface area (Å²) in [5, 5.41) is 7.90. The van der Waals surface area contributed by atoms with Crippen LogP contribution in [0.3, 0.4) is 0 Å². The lowest BCUT2D eigenvalue weighted by molar-refractivity contribution is 0.0939. The highest BCUT2D eigenvalue weighted by molar-refractivity contribution is 7.98. The van der Waals surface area contributed by atoms with Gasteiger partial charge < -0.3 is 5.32 Å². The van der Waals surface area contributed by atoms with E-state index in [1.54, 1.807) is 23.6 Å². The zero-order chi connectivity index (χ0) is 22.8. The second-order valence-electron chi connectivity index (χ2n) is 7.46. The average Bonchev–Trinajstić information content (AvgIpc) is 3.17. The third-order valence-electron chi connectivity index (χ3n) is 5.01. The number of carbonyl (C=O) groups excluding carboxylic acids is 1. The van der Waals surface area contributed by atoms with Gasteiger partial charge >= 0.3 is 0 Å². The Labute approximate surface area is 188 Å². The van der Waals surface area contributed by atoms with Gasteiger partial charge in [-0.25, -0.2) is 18.3 Å². The van der Waals surface area contributed by atoms with Crippen LogP contribution >= 0.6 is 11.8 Å². The predicted octanol–water partition coefficient (Wildman–Crippen LogP) is 4.80. The van der Waals surface area contributed by atoms with Gasteiger partial charge in [0.15, 0.2) is 11.6 Å². The fraction of sp³-hybridized carbons (Fsp3) is 0.217. The molecule has 0 saturated carbocycles. The fourth-order valence-electron chi connectivity index (χ4n) is 3.36. The summed E-state index contributed by atoms with van der Waals surface area (Å²) in [6, 6.07) is 12.3. The van der Waals surface area contributed by atoms with Gasteiger partial charge in [0.25, 0.3) is 11.7 Å². The Morgan fingerprint density at radius 3 is 2.66 bits per heavy atom. The molecule has 0 aliphatic rings. The van der Waals surface area contributed by atoms with Gasteiger partial charge in [-0.15, -0.1) is 5.10 Å². The zero-order valence-corrected chi connectivity index (χ0v) is 18.6. The number of amides is 1. The smallest absolute Gasteiger partial charge is 0.253 e. The molecule has 0 bridgehead atoms. The number of aromatic nitrogens is 4. The summed E-state index contributed by atoms with van der Waals surface area (Å²) in [6.45, 7) is 5.57. The van der Waals surface area contributed by atoms with E-state index in [1.807, 2.05) is 32.0 Å². The average molecular weight is 454 g/mol. The number of halogens is 2. The SMILES string of the molecule is Cc1cc(C)n2nc(SCc3ccccc3C(=O)NC(C)c3ccc(F)c(F)c3)nc2n1. The highest BCUT2D eigenvalue weighted by Crippen LogP contribution is 2.24. The van der Waals surface area contributed by atoms with E-state index in [2.05, 4.69) is 20.4 Å². The van der Waals surface area contributed by atoms with E-state index in [-0.39, 0.29) is 5.91 Å². The molecule has 1 amide bonds. The third kappa shape index (κ3) is 4.62. The molecule has 1 atom stereocenters. The number of nitrogens with one attached hydrogen (secondary N) is 1. The number of benzene rings is 2. The lowest BCUT2D eigenvalue weighted by Gasteiger charge is -2.16. The normalized spacial score (nSPS) is 12.2. The van der Waals surface area contributed by atoms with Crippen molar-refractivity contribution < 1.29 is 13.6 Å². The van der Waals surface area contributed by atoms with Crippen LogP contribution in [0.15, 0.2) is 53.7 Å². The quantitative estimate of drug-likeness (QED) is 0.425. The molecule has 2 aromatic heterocycles. The Bertz CT molecular complexity index is 1310. The first-order valence-corrected chi connectivity index (χ1v) is 11.0. The van der Waals surface area contributed by atoms with Crippen molar-refractivity contribution in [3.8, 4) is 0 Å². The van der Waals surface area contributed by atoms with Crippen LogP contribution in [0.25, 0.3) is 5.78 Å². The number of hydrogen-bond donors (Lipinski definition) is 1. The minimum atomic E-state index is -0.944. The molecule has 0 radical (unpaired) electrons. The Morgan fingerprint density at radius 1 is 1.09 bits per heavy atom. The van der Waals surface area contributed by atoms with E-state index in [9.17, 15) is 13.6 Å². The molecular weight excluding hydrogens is 432 g/mol. The molecule has 2 aromatic carbocycles. The Morgan fingerprint density at radius 2 is 1.88 bits per heavy atom. The molecule has 6 nitrogen and oxygen atoms in total. The van der Waals surface area contributed by atoms with Gasteiger partial charge in [-0.1, -0.05) is 36.0 Å². The topological polar surface area (TPSA) is 72.2 Å². The number of thioether (sulfide) groups is 1. The van der Waals surface area contributed by atoms with Gasteiger partial charge in [-0.05, 0) is 56.2 Å². The molecule has 0 fully saturated rings. The van der Waals surface area contributed by atoms with Crippen molar-refractivity contribution in [1.82, 2.24) is 24.9 Å². The third-order valence-corrected chi connectivity index (χ3v) is 5.90. The van der Waals surface area contributed by atoms with Gasteiger partial charge in [-0.2, -0.15) is 4.98 Å². The number of aryl methyl sites for hydroxylation is 2. The van der Waals surface area contributed by atoms with Crippen molar-refractivity contribution in [3.05, 3.63) is 88.2 Å². The molecule has 164 valence electrons. The zero-order valence-electron chi connectivity index (χ0n) is 17.8. The van der Waals surface area contributed by atoms with Crippen molar-refractivity contribution in [2.75, 3.05) is 0 Å². The first-order valence-electron chi connectivity index (χ1n) is 9.99. The van der Waals surface area contributed by atoms with Gasteiger partial charge in [0.1, 0.15) is 0 Å². The fourth-order valence-corrected chi connectivity index (χ4v) is 4.18. The highest BCUT2D eigenvalue weighted by Gasteiger charge is 2.17. The van der Waals surface area contributed by atoms with Crippen LogP contribution in [0.2, 0.25) is 0 Å². The summed E-state index contributed by atoms with van der Waals surface area (Å²) in [7, 11) is 0. The van der Waals surface area contributed by atoms with Crippen LogP contribution in [0.4, 0.5) is 8.78 Å². The second-order valence-corrected chi connectivity index (χ2v) is 8.40. The van der Waals surface area contributed by atoms with E-state index in [0.717, 1.165) is 29.1 Å². The highest BCUT2D eigenvalue weighted by atomic mass is 32.2. The van der Waals surface area contributed by atoms with E-state index < -0.39 is 17.7 Å². The number of nitrogens with zero attached hydrogens (tertiary/aromatic N) is 4. The molecule has 0 aliphatic carbocycles. The molecule has 0 saturated heterocycles. The van der Waals surface area contributed by atoms with Crippen molar-refractivity contribution in [3.63, 3.8) is 0 Å². The summed E-state index contributed by atoms with van der Waals surface area (Å²) >= 11 is 1.41. The minimum Gasteiger partial charge on any atom is -0.346 e.